The van der Waals surface area contributed by atoms with E-state index in [1.807, 2.05) is 0 Å². The van der Waals surface area contributed by atoms with Gasteiger partial charge in [0.1, 0.15) is 6.54 Å². The first kappa shape index (κ1) is 6.19. The second kappa shape index (κ2) is 2.57. The average Bonchev–Trinajstić information content (AvgIpc) is 2.15. The van der Waals surface area contributed by atoms with Gasteiger partial charge in [-0.05, 0) is 6.07 Å². The zero-order chi connectivity index (χ0) is 6.69. The summed E-state index contributed by atoms with van der Waals surface area (Å²) in [6.45, 7) is -0.312. The molecule has 0 unspecified atom stereocenters. The maximum atomic E-state index is 11.5. The van der Waals surface area contributed by atoms with Crippen molar-refractivity contribution in [3.8, 4) is 0 Å². The Hall–Kier alpha value is -0.930. The van der Waals surface area contributed by atoms with Gasteiger partial charge >= 0.3 is 0 Å². The first-order chi connectivity index (χ1) is 4.29. The molecular formula is C5H6F2N2. The lowest BCUT2D eigenvalue weighted by Gasteiger charge is -1.96. The zero-order valence-corrected chi connectivity index (χ0v) is 4.67. The normalized spacial score (nSPS) is 10.6. The van der Waals surface area contributed by atoms with E-state index in [2.05, 4.69) is 5.10 Å². The Morgan fingerprint density at radius 2 is 2.33 bits per heavy atom. The molecule has 50 valence electrons. The van der Waals surface area contributed by atoms with Crippen LogP contribution in [0, 0.1) is 0 Å². The Morgan fingerprint density at radius 1 is 1.56 bits per heavy atom. The van der Waals surface area contributed by atoms with Crippen LogP contribution in [0.4, 0.5) is 8.78 Å². The van der Waals surface area contributed by atoms with Gasteiger partial charge in [-0.15, -0.1) is 0 Å². The largest absolute Gasteiger partial charge is 0.267 e. The quantitative estimate of drug-likeness (QED) is 0.590. The Bertz CT molecular complexity index is 159. The van der Waals surface area contributed by atoms with E-state index in [9.17, 15) is 8.78 Å². The van der Waals surface area contributed by atoms with Gasteiger partial charge in [0.05, 0.1) is 0 Å². The third kappa shape index (κ3) is 1.79. The summed E-state index contributed by atoms with van der Waals surface area (Å²) in [6, 6.07) is 1.61. The van der Waals surface area contributed by atoms with Crippen LogP contribution >= 0.6 is 0 Å². The zero-order valence-electron chi connectivity index (χ0n) is 4.67. The highest BCUT2D eigenvalue weighted by atomic mass is 19.3. The van der Waals surface area contributed by atoms with E-state index >= 15 is 0 Å². The standard InChI is InChI=1S/C5H6F2N2/c6-5(7)4-9-3-1-2-8-9/h1-3,5H,4H2. The van der Waals surface area contributed by atoms with Gasteiger partial charge in [0.25, 0.3) is 6.43 Å². The van der Waals surface area contributed by atoms with Gasteiger partial charge in [0.2, 0.25) is 0 Å². The highest BCUT2D eigenvalue weighted by Gasteiger charge is 2.01. The van der Waals surface area contributed by atoms with Crippen LogP contribution in [-0.2, 0) is 6.54 Å². The fourth-order valence-corrected chi connectivity index (χ4v) is 0.550. The third-order valence-electron chi connectivity index (χ3n) is 0.884. The first-order valence-corrected chi connectivity index (χ1v) is 2.54. The van der Waals surface area contributed by atoms with Gasteiger partial charge in [-0.3, -0.25) is 4.68 Å². The van der Waals surface area contributed by atoms with Gasteiger partial charge in [-0.2, -0.15) is 5.10 Å². The average molecular weight is 132 g/mol. The van der Waals surface area contributed by atoms with Crippen LogP contribution in [-0.4, -0.2) is 16.2 Å². The summed E-state index contributed by atoms with van der Waals surface area (Å²) in [7, 11) is 0. The van der Waals surface area contributed by atoms with Crippen LogP contribution in [0.25, 0.3) is 0 Å². The summed E-state index contributed by atoms with van der Waals surface area (Å²) < 4.78 is 24.3. The highest BCUT2D eigenvalue weighted by Crippen LogP contribution is 1.95. The maximum absolute atomic E-state index is 11.5. The predicted octanol–water partition coefficient (Wildman–Crippen LogP) is 1.15. The second-order valence-corrected chi connectivity index (χ2v) is 1.62. The molecule has 0 saturated carbocycles. The molecule has 0 bridgehead atoms. The molecule has 0 atom stereocenters. The fourth-order valence-electron chi connectivity index (χ4n) is 0.550. The molecule has 1 heterocycles. The summed E-state index contributed by atoms with van der Waals surface area (Å²) >= 11 is 0. The molecule has 0 aliphatic rings. The van der Waals surface area contributed by atoms with E-state index in [-0.39, 0.29) is 6.54 Å². The van der Waals surface area contributed by atoms with E-state index in [1.165, 1.54) is 17.1 Å². The molecule has 2 nitrogen and oxygen atoms in total. The van der Waals surface area contributed by atoms with Gasteiger partial charge in [-0.1, -0.05) is 0 Å². The molecular weight excluding hydrogens is 126 g/mol. The third-order valence-corrected chi connectivity index (χ3v) is 0.884. The molecule has 0 fully saturated rings. The van der Waals surface area contributed by atoms with Crippen molar-refractivity contribution in [2.45, 2.75) is 13.0 Å². The van der Waals surface area contributed by atoms with Crippen molar-refractivity contribution in [1.29, 1.82) is 0 Å². The monoisotopic (exact) mass is 132 g/mol. The van der Waals surface area contributed by atoms with Gasteiger partial charge in [0.15, 0.2) is 0 Å². The topological polar surface area (TPSA) is 17.8 Å². The van der Waals surface area contributed by atoms with Crippen LogP contribution in [0.3, 0.4) is 0 Å². The summed E-state index contributed by atoms with van der Waals surface area (Å²) in [4.78, 5) is 0. The van der Waals surface area contributed by atoms with Crippen LogP contribution in [0.1, 0.15) is 0 Å². The van der Waals surface area contributed by atoms with Crippen molar-refractivity contribution in [3.63, 3.8) is 0 Å². The SMILES string of the molecule is FC(F)Cn1cccn1. The Kier molecular flexibility index (Phi) is 1.77. The number of halogens is 2. The number of aromatic nitrogens is 2. The van der Waals surface area contributed by atoms with Gasteiger partial charge in [-0.25, -0.2) is 8.78 Å². The molecule has 0 N–H and O–H groups in total. The minimum atomic E-state index is -2.31. The van der Waals surface area contributed by atoms with Gasteiger partial charge in [0, 0.05) is 12.4 Å². The predicted molar refractivity (Wildman–Crippen MR) is 28.2 cm³/mol. The van der Waals surface area contributed by atoms with E-state index in [1.54, 1.807) is 6.07 Å². The molecule has 1 aromatic rings. The maximum Gasteiger partial charge on any atom is 0.257 e. The molecule has 0 aliphatic heterocycles. The number of nitrogens with zero attached hydrogens (tertiary/aromatic N) is 2. The molecule has 1 aromatic heterocycles. The minimum absolute atomic E-state index is 0.312. The lowest BCUT2D eigenvalue weighted by atomic mass is 10.7. The van der Waals surface area contributed by atoms with E-state index in [0.717, 1.165) is 0 Å². The smallest absolute Gasteiger partial charge is 0.257 e. The molecule has 0 amide bonds. The van der Waals surface area contributed by atoms with Crippen LogP contribution in [0.2, 0.25) is 0 Å². The second-order valence-electron chi connectivity index (χ2n) is 1.62. The lowest BCUT2D eigenvalue weighted by Crippen LogP contribution is -2.06. The Labute approximate surface area is 51.1 Å². The summed E-state index contributed by atoms with van der Waals surface area (Å²) in [5.74, 6) is 0. The van der Waals surface area contributed by atoms with Crippen molar-refractivity contribution in [2.75, 3.05) is 0 Å². The molecule has 0 radical (unpaired) electrons. The van der Waals surface area contributed by atoms with Crippen LogP contribution in [0.5, 0.6) is 0 Å². The molecule has 1 rings (SSSR count). The van der Waals surface area contributed by atoms with Crippen molar-refractivity contribution >= 4 is 0 Å². The van der Waals surface area contributed by atoms with E-state index < -0.39 is 6.43 Å². The van der Waals surface area contributed by atoms with Crippen LogP contribution < -0.4 is 0 Å². The van der Waals surface area contributed by atoms with Crippen LogP contribution in [0.15, 0.2) is 18.5 Å². The molecule has 0 spiro atoms. The highest BCUT2D eigenvalue weighted by molar-refractivity contribution is 4.77. The Balaban J connectivity index is 2.48. The number of hydrogen-bond acceptors (Lipinski definition) is 1. The summed E-state index contributed by atoms with van der Waals surface area (Å²) in [5.41, 5.74) is 0. The van der Waals surface area contributed by atoms with Crippen molar-refractivity contribution < 1.29 is 8.78 Å². The molecule has 0 aliphatic carbocycles. The van der Waals surface area contributed by atoms with E-state index in [0.29, 0.717) is 0 Å². The molecule has 4 heteroatoms. The number of hydrogen-bond donors (Lipinski definition) is 0. The van der Waals surface area contributed by atoms with Crippen molar-refractivity contribution in [1.82, 2.24) is 9.78 Å². The summed E-state index contributed by atoms with van der Waals surface area (Å²) in [5, 5.41) is 3.59. The first-order valence-electron chi connectivity index (χ1n) is 2.54. The van der Waals surface area contributed by atoms with Crippen molar-refractivity contribution in [2.24, 2.45) is 0 Å². The van der Waals surface area contributed by atoms with Crippen molar-refractivity contribution in [3.05, 3.63) is 18.5 Å². The minimum Gasteiger partial charge on any atom is -0.267 e. The van der Waals surface area contributed by atoms with E-state index in [4.69, 9.17) is 0 Å². The number of alkyl halides is 2. The number of rotatable bonds is 2. The Morgan fingerprint density at radius 3 is 2.78 bits per heavy atom. The molecule has 0 aromatic carbocycles. The molecule has 0 saturated heterocycles. The fraction of sp³-hybridized carbons (Fsp3) is 0.400. The summed E-state index contributed by atoms with van der Waals surface area (Å²) in [6.07, 6.45) is 0.666. The van der Waals surface area contributed by atoms with Gasteiger partial charge < -0.3 is 0 Å². The lowest BCUT2D eigenvalue weighted by molar-refractivity contribution is 0.122. The molecule has 9 heavy (non-hydrogen) atoms.